The van der Waals surface area contributed by atoms with Gasteiger partial charge in [0.15, 0.2) is 5.78 Å². The molecule has 0 heterocycles. The maximum atomic E-state index is 13.2. The van der Waals surface area contributed by atoms with Crippen LogP contribution in [-0.2, 0) is 0 Å². The Morgan fingerprint density at radius 3 is 1.74 bits per heavy atom. The molecule has 3 nitrogen and oxygen atoms in total. The van der Waals surface area contributed by atoms with E-state index in [2.05, 4.69) is 18.7 Å². The summed E-state index contributed by atoms with van der Waals surface area (Å²) in [6, 6.07) is 18.3. The molecule has 0 aliphatic carbocycles. The summed E-state index contributed by atoms with van der Waals surface area (Å²) in [5.74, 6) is -0.222. The van der Waals surface area contributed by atoms with Crippen molar-refractivity contribution in [1.29, 1.82) is 0 Å². The molecule has 0 unspecified atom stereocenters. The second kappa shape index (κ2) is 11.1. The van der Waals surface area contributed by atoms with Crippen molar-refractivity contribution in [1.82, 2.24) is 4.90 Å². The van der Waals surface area contributed by atoms with Crippen LogP contribution in [0.5, 0.6) is 0 Å². The minimum atomic E-state index is -0.132. The Morgan fingerprint density at radius 2 is 1.26 bits per heavy atom. The molecule has 0 aliphatic heterocycles. The van der Waals surface area contributed by atoms with Gasteiger partial charge in [-0.3, -0.25) is 9.59 Å². The van der Waals surface area contributed by atoms with Crippen molar-refractivity contribution < 1.29 is 9.59 Å². The molecule has 0 saturated heterocycles. The minimum Gasteiger partial charge on any atom is -0.368 e. The summed E-state index contributed by atoms with van der Waals surface area (Å²) in [5.41, 5.74) is 1.71. The highest BCUT2D eigenvalue weighted by atomic mass is 16.1. The monoisotopic (exact) mass is 363 g/mol. The van der Waals surface area contributed by atoms with Crippen molar-refractivity contribution in [2.75, 3.05) is 13.1 Å². The predicted octanol–water partition coefficient (Wildman–Crippen LogP) is 5.54. The van der Waals surface area contributed by atoms with E-state index in [-0.39, 0.29) is 11.6 Å². The van der Waals surface area contributed by atoms with E-state index in [1.807, 2.05) is 36.4 Å². The lowest BCUT2D eigenvalue weighted by Gasteiger charge is -2.26. The van der Waals surface area contributed by atoms with Gasteiger partial charge in [0.1, 0.15) is 0 Å². The SMILES string of the molecule is CCCCN(CCCC)/C(=C/C(=O)c1ccccc1)C(=O)c1ccccc1. The van der Waals surface area contributed by atoms with Gasteiger partial charge in [-0.05, 0) is 12.8 Å². The zero-order valence-electron chi connectivity index (χ0n) is 16.4. The van der Waals surface area contributed by atoms with Crippen molar-refractivity contribution in [3.63, 3.8) is 0 Å². The number of unbranched alkanes of at least 4 members (excludes halogenated alkanes) is 2. The average Bonchev–Trinajstić information content (AvgIpc) is 2.73. The number of hydrogen-bond acceptors (Lipinski definition) is 3. The molecule has 0 radical (unpaired) electrons. The van der Waals surface area contributed by atoms with Crippen LogP contribution in [0.1, 0.15) is 60.2 Å². The fourth-order valence-electron chi connectivity index (χ4n) is 2.90. The van der Waals surface area contributed by atoms with Crippen LogP contribution in [0.15, 0.2) is 72.4 Å². The van der Waals surface area contributed by atoms with E-state index in [0.29, 0.717) is 16.8 Å². The number of carbonyl (C=O) groups is 2. The zero-order chi connectivity index (χ0) is 19.5. The molecule has 2 rings (SSSR count). The van der Waals surface area contributed by atoms with E-state index in [4.69, 9.17) is 0 Å². The first-order chi connectivity index (χ1) is 13.2. The van der Waals surface area contributed by atoms with E-state index >= 15 is 0 Å². The molecule has 0 atom stereocenters. The lowest BCUT2D eigenvalue weighted by atomic mass is 10.0. The van der Waals surface area contributed by atoms with Crippen LogP contribution in [0.25, 0.3) is 0 Å². The van der Waals surface area contributed by atoms with Crippen LogP contribution in [0, 0.1) is 0 Å². The fourth-order valence-corrected chi connectivity index (χ4v) is 2.90. The van der Waals surface area contributed by atoms with Crippen LogP contribution in [-0.4, -0.2) is 29.6 Å². The number of nitrogens with zero attached hydrogens (tertiary/aromatic N) is 1. The fraction of sp³-hybridized carbons (Fsp3) is 0.333. The smallest absolute Gasteiger partial charge is 0.209 e. The Hall–Kier alpha value is -2.68. The first-order valence-corrected chi connectivity index (χ1v) is 9.83. The van der Waals surface area contributed by atoms with Gasteiger partial charge in [0.25, 0.3) is 0 Å². The molecule has 0 N–H and O–H groups in total. The number of hydrogen-bond donors (Lipinski definition) is 0. The number of benzene rings is 2. The van der Waals surface area contributed by atoms with Crippen molar-refractivity contribution in [2.45, 2.75) is 39.5 Å². The van der Waals surface area contributed by atoms with E-state index < -0.39 is 0 Å². The minimum absolute atomic E-state index is 0.0907. The summed E-state index contributed by atoms with van der Waals surface area (Å²) in [4.78, 5) is 28.1. The Kier molecular flexibility index (Phi) is 8.50. The summed E-state index contributed by atoms with van der Waals surface area (Å²) in [6.07, 6.45) is 5.59. The molecular weight excluding hydrogens is 334 g/mol. The van der Waals surface area contributed by atoms with E-state index in [1.165, 1.54) is 6.08 Å². The zero-order valence-corrected chi connectivity index (χ0v) is 16.4. The van der Waals surface area contributed by atoms with Gasteiger partial charge in [-0.15, -0.1) is 0 Å². The normalized spacial score (nSPS) is 11.3. The maximum absolute atomic E-state index is 13.2. The first kappa shape index (κ1) is 20.6. The number of carbonyl (C=O) groups excluding carboxylic acids is 2. The van der Waals surface area contributed by atoms with Gasteiger partial charge >= 0.3 is 0 Å². The summed E-state index contributed by atoms with van der Waals surface area (Å²) >= 11 is 0. The van der Waals surface area contributed by atoms with Gasteiger partial charge in [0.05, 0.1) is 5.70 Å². The summed E-state index contributed by atoms with van der Waals surface area (Å²) in [6.45, 7) is 5.83. The summed E-state index contributed by atoms with van der Waals surface area (Å²) < 4.78 is 0. The molecule has 27 heavy (non-hydrogen) atoms. The molecule has 2 aromatic rings. The van der Waals surface area contributed by atoms with E-state index in [1.54, 1.807) is 24.3 Å². The van der Waals surface area contributed by atoms with Gasteiger partial charge in [-0.25, -0.2) is 0 Å². The Bertz CT molecular complexity index is 742. The molecule has 142 valence electrons. The largest absolute Gasteiger partial charge is 0.368 e. The van der Waals surface area contributed by atoms with Crippen LogP contribution < -0.4 is 0 Å². The predicted molar refractivity (Wildman–Crippen MR) is 111 cm³/mol. The lowest BCUT2D eigenvalue weighted by Crippen LogP contribution is -2.30. The van der Waals surface area contributed by atoms with E-state index in [9.17, 15) is 9.59 Å². The number of Topliss-reactive ketones (excluding diaryl/α,β-unsaturated/α-hetero) is 1. The van der Waals surface area contributed by atoms with Gasteiger partial charge in [-0.1, -0.05) is 87.4 Å². The summed E-state index contributed by atoms with van der Waals surface area (Å²) in [5, 5.41) is 0. The molecule has 2 aromatic carbocycles. The lowest BCUT2D eigenvalue weighted by molar-refractivity contribution is 0.0971. The highest BCUT2D eigenvalue weighted by molar-refractivity contribution is 6.14. The molecule has 0 bridgehead atoms. The Morgan fingerprint density at radius 1 is 0.778 bits per heavy atom. The van der Waals surface area contributed by atoms with Crippen molar-refractivity contribution >= 4 is 11.6 Å². The van der Waals surface area contributed by atoms with Gasteiger partial charge in [0.2, 0.25) is 5.78 Å². The third kappa shape index (κ3) is 6.21. The highest BCUT2D eigenvalue weighted by Gasteiger charge is 2.20. The number of rotatable bonds is 11. The molecule has 0 fully saturated rings. The molecule has 0 saturated carbocycles. The Labute approximate surface area is 162 Å². The molecular formula is C24H29NO2. The molecule has 0 aromatic heterocycles. The number of allylic oxidation sites excluding steroid dienone is 2. The van der Waals surface area contributed by atoms with Gasteiger partial charge in [-0.2, -0.15) is 0 Å². The van der Waals surface area contributed by atoms with Crippen molar-refractivity contribution in [2.24, 2.45) is 0 Å². The van der Waals surface area contributed by atoms with Gasteiger partial charge < -0.3 is 4.90 Å². The van der Waals surface area contributed by atoms with Crippen molar-refractivity contribution in [3.8, 4) is 0 Å². The third-order valence-electron chi connectivity index (χ3n) is 4.50. The second-order valence-electron chi connectivity index (χ2n) is 6.65. The van der Waals surface area contributed by atoms with Gasteiger partial charge in [0, 0.05) is 30.3 Å². The first-order valence-electron chi connectivity index (χ1n) is 9.83. The highest BCUT2D eigenvalue weighted by Crippen LogP contribution is 2.17. The van der Waals surface area contributed by atoms with Crippen molar-refractivity contribution in [3.05, 3.63) is 83.6 Å². The molecule has 0 aliphatic rings. The topological polar surface area (TPSA) is 37.4 Å². The van der Waals surface area contributed by atoms with Crippen LogP contribution in [0.2, 0.25) is 0 Å². The van der Waals surface area contributed by atoms with Crippen LogP contribution in [0.4, 0.5) is 0 Å². The maximum Gasteiger partial charge on any atom is 0.209 e. The Balaban J connectivity index is 2.40. The molecule has 0 amide bonds. The van der Waals surface area contributed by atoms with E-state index in [0.717, 1.165) is 38.8 Å². The average molecular weight is 364 g/mol. The standard InChI is InChI=1S/C24H29NO2/c1-3-5-17-25(18-6-4-2)22(24(27)21-15-11-8-12-16-21)19-23(26)20-13-9-7-10-14-20/h7-16,19H,3-6,17-18H2,1-2H3/b22-19+. The van der Waals surface area contributed by atoms with Crippen LogP contribution >= 0.6 is 0 Å². The third-order valence-corrected chi connectivity index (χ3v) is 4.50. The summed E-state index contributed by atoms with van der Waals surface area (Å²) in [7, 11) is 0. The molecule has 0 spiro atoms. The quantitative estimate of drug-likeness (QED) is 0.389. The second-order valence-corrected chi connectivity index (χ2v) is 6.65. The number of ketones is 2. The molecule has 3 heteroatoms. The van der Waals surface area contributed by atoms with Crippen LogP contribution in [0.3, 0.4) is 0 Å².